The molecule has 5 atom stereocenters. The standard InChI is InChI=1S/C25H32ClNO7S/c1-14(23(35)17-9-11-18(26)12-10-17)22-21(15(2)28)24(30)27(22)13-20(29)32-16(3)33-25(31)34-19-7-5-4-6-8-19/h9-12,14-16,19,21-22,28H,4-8,13H2,1-3H3/t14-,15-,16?,21-,22-/m1/s1. The van der Waals surface area contributed by atoms with Gasteiger partial charge in [-0.15, -0.1) is 0 Å². The van der Waals surface area contributed by atoms with Gasteiger partial charge in [-0.05, 0) is 50.3 Å². The molecule has 1 aliphatic heterocycles. The van der Waals surface area contributed by atoms with Crippen molar-refractivity contribution in [1.29, 1.82) is 0 Å². The first-order valence-electron chi connectivity index (χ1n) is 11.9. The van der Waals surface area contributed by atoms with E-state index < -0.39 is 36.5 Å². The van der Waals surface area contributed by atoms with Crippen molar-refractivity contribution in [3.63, 3.8) is 0 Å². The first-order valence-corrected chi connectivity index (χ1v) is 12.7. The van der Waals surface area contributed by atoms with Crippen molar-refractivity contribution in [2.75, 3.05) is 6.54 Å². The van der Waals surface area contributed by atoms with E-state index in [-0.39, 0.29) is 24.5 Å². The number of carbonyl (C=O) groups is 3. The van der Waals surface area contributed by atoms with Crippen LogP contribution in [0.1, 0.15) is 58.4 Å². The maximum atomic E-state index is 12.7. The van der Waals surface area contributed by atoms with Crippen molar-refractivity contribution in [2.24, 2.45) is 11.8 Å². The highest BCUT2D eigenvalue weighted by Crippen LogP contribution is 2.36. The third-order valence-electron chi connectivity index (χ3n) is 6.54. The molecule has 8 nitrogen and oxygen atoms in total. The second-order valence-corrected chi connectivity index (χ2v) is 10.1. The molecule has 2 aliphatic rings. The largest absolute Gasteiger partial charge is 0.511 e. The fraction of sp³-hybridized carbons (Fsp3) is 0.600. The number of amides is 1. The van der Waals surface area contributed by atoms with Gasteiger partial charge >= 0.3 is 12.1 Å². The molecular formula is C25H32ClNO7S. The van der Waals surface area contributed by atoms with E-state index in [4.69, 9.17) is 38.0 Å². The van der Waals surface area contributed by atoms with Crippen LogP contribution in [0.2, 0.25) is 5.02 Å². The number of hydrogen-bond acceptors (Lipinski definition) is 8. The number of likely N-dealkylation sites (tertiary alicyclic amines) is 1. The summed E-state index contributed by atoms with van der Waals surface area (Å²) in [6, 6.07) is 6.55. The Kier molecular flexibility index (Phi) is 9.49. The van der Waals surface area contributed by atoms with E-state index in [0.29, 0.717) is 9.89 Å². The van der Waals surface area contributed by atoms with Gasteiger partial charge in [-0.1, -0.05) is 49.3 Å². The molecule has 1 aromatic carbocycles. The van der Waals surface area contributed by atoms with Crippen LogP contribution in [0.15, 0.2) is 24.3 Å². The Labute approximate surface area is 215 Å². The van der Waals surface area contributed by atoms with Gasteiger partial charge in [-0.3, -0.25) is 9.59 Å². The minimum absolute atomic E-state index is 0.179. The first-order chi connectivity index (χ1) is 16.6. The summed E-state index contributed by atoms with van der Waals surface area (Å²) in [6.45, 7) is 4.45. The van der Waals surface area contributed by atoms with Crippen molar-refractivity contribution in [1.82, 2.24) is 4.90 Å². The Morgan fingerprint density at radius 2 is 1.74 bits per heavy atom. The number of carbonyl (C=O) groups excluding carboxylic acids is 3. The minimum atomic E-state index is -1.17. The lowest BCUT2D eigenvalue weighted by Gasteiger charge is -2.50. The number of benzene rings is 1. The Morgan fingerprint density at radius 3 is 2.34 bits per heavy atom. The lowest BCUT2D eigenvalue weighted by molar-refractivity contribution is -0.183. The van der Waals surface area contributed by atoms with Crippen LogP contribution in [0.25, 0.3) is 0 Å². The van der Waals surface area contributed by atoms with E-state index in [1.165, 1.54) is 18.7 Å². The number of ether oxygens (including phenoxy) is 3. The van der Waals surface area contributed by atoms with Gasteiger partial charge in [0, 0.05) is 22.7 Å². The maximum Gasteiger partial charge on any atom is 0.511 e. The van der Waals surface area contributed by atoms with Crippen molar-refractivity contribution in [3.8, 4) is 0 Å². The number of halogens is 1. The van der Waals surface area contributed by atoms with Crippen LogP contribution in [0, 0.1) is 11.8 Å². The van der Waals surface area contributed by atoms with Crippen LogP contribution in [-0.2, 0) is 23.8 Å². The highest BCUT2D eigenvalue weighted by atomic mass is 35.5. The second-order valence-electron chi connectivity index (χ2n) is 9.19. The molecule has 0 bridgehead atoms. The zero-order valence-electron chi connectivity index (χ0n) is 20.1. The number of rotatable bonds is 9. The number of β-lactam (4-membered cyclic amide) rings is 1. The van der Waals surface area contributed by atoms with Gasteiger partial charge in [0.15, 0.2) is 0 Å². The summed E-state index contributed by atoms with van der Waals surface area (Å²) in [5.74, 6) is -2.12. The summed E-state index contributed by atoms with van der Waals surface area (Å²) < 4.78 is 15.5. The molecule has 0 spiro atoms. The van der Waals surface area contributed by atoms with Crippen molar-refractivity contribution >= 4 is 46.7 Å². The predicted octanol–water partition coefficient (Wildman–Crippen LogP) is 4.28. The molecule has 1 N–H and O–H groups in total. The lowest BCUT2D eigenvalue weighted by Crippen LogP contribution is -2.68. The van der Waals surface area contributed by atoms with Gasteiger partial charge < -0.3 is 24.2 Å². The molecule has 192 valence electrons. The molecule has 1 heterocycles. The molecule has 1 aromatic rings. The number of aliphatic hydroxyl groups excluding tert-OH is 1. The van der Waals surface area contributed by atoms with Gasteiger partial charge in [-0.2, -0.15) is 0 Å². The SMILES string of the molecule is CC(OC(=O)CN1C(=O)[C@H]([C@@H](C)O)[C@H]1[C@@H](C)C(=S)c1ccc(Cl)cc1)OC(=O)OC1CCCCC1. The third-order valence-corrected chi connectivity index (χ3v) is 7.40. The molecule has 1 amide bonds. The smallest absolute Gasteiger partial charge is 0.431 e. The Bertz CT molecular complexity index is 932. The molecule has 1 unspecified atom stereocenters. The van der Waals surface area contributed by atoms with E-state index >= 15 is 0 Å². The molecule has 2 fully saturated rings. The summed E-state index contributed by atoms with van der Waals surface area (Å²) in [6.07, 6.45) is 1.57. The van der Waals surface area contributed by atoms with Gasteiger partial charge in [0.25, 0.3) is 0 Å². The van der Waals surface area contributed by atoms with Crippen LogP contribution in [0.4, 0.5) is 4.79 Å². The minimum Gasteiger partial charge on any atom is -0.431 e. The van der Waals surface area contributed by atoms with Gasteiger partial charge in [0.1, 0.15) is 12.6 Å². The van der Waals surface area contributed by atoms with Crippen molar-refractivity contribution in [2.45, 2.75) is 77.4 Å². The van der Waals surface area contributed by atoms with Crippen LogP contribution in [0.3, 0.4) is 0 Å². The van der Waals surface area contributed by atoms with E-state index in [2.05, 4.69) is 0 Å². The van der Waals surface area contributed by atoms with Gasteiger partial charge in [0.05, 0.1) is 18.1 Å². The number of esters is 1. The normalized spacial score (nSPS) is 23.0. The monoisotopic (exact) mass is 525 g/mol. The molecule has 3 rings (SSSR count). The Balaban J connectivity index is 1.57. The molecule has 0 radical (unpaired) electrons. The second kappa shape index (κ2) is 12.1. The average molecular weight is 526 g/mol. The summed E-state index contributed by atoms with van der Waals surface area (Å²) >= 11 is 11.6. The predicted molar refractivity (Wildman–Crippen MR) is 133 cm³/mol. The number of thiocarbonyl (C=S) groups is 1. The molecule has 10 heteroatoms. The summed E-state index contributed by atoms with van der Waals surface area (Å²) in [7, 11) is 0. The lowest BCUT2D eigenvalue weighted by atomic mass is 9.74. The Hall–Kier alpha value is -2.23. The van der Waals surface area contributed by atoms with Crippen molar-refractivity contribution in [3.05, 3.63) is 34.9 Å². The molecule has 1 saturated heterocycles. The fourth-order valence-electron chi connectivity index (χ4n) is 4.75. The van der Waals surface area contributed by atoms with E-state index in [0.717, 1.165) is 37.7 Å². The highest BCUT2D eigenvalue weighted by Gasteiger charge is 2.53. The van der Waals surface area contributed by atoms with Crippen LogP contribution in [0.5, 0.6) is 0 Å². The fourth-order valence-corrected chi connectivity index (χ4v) is 5.15. The van der Waals surface area contributed by atoms with Crippen LogP contribution >= 0.6 is 23.8 Å². The quantitative estimate of drug-likeness (QED) is 0.167. The van der Waals surface area contributed by atoms with E-state index in [9.17, 15) is 19.5 Å². The van der Waals surface area contributed by atoms with Crippen LogP contribution in [-0.4, -0.2) is 64.0 Å². The van der Waals surface area contributed by atoms with Gasteiger partial charge in [0.2, 0.25) is 12.2 Å². The molecule has 1 saturated carbocycles. The maximum absolute atomic E-state index is 12.7. The van der Waals surface area contributed by atoms with E-state index in [1.807, 2.05) is 6.92 Å². The van der Waals surface area contributed by atoms with Crippen molar-refractivity contribution < 1.29 is 33.7 Å². The van der Waals surface area contributed by atoms with Gasteiger partial charge in [-0.25, -0.2) is 4.79 Å². The zero-order valence-corrected chi connectivity index (χ0v) is 21.7. The molecule has 1 aliphatic carbocycles. The number of aliphatic hydroxyl groups is 1. The summed E-state index contributed by atoms with van der Waals surface area (Å²) in [5, 5.41) is 10.8. The Morgan fingerprint density at radius 1 is 1.11 bits per heavy atom. The highest BCUT2D eigenvalue weighted by molar-refractivity contribution is 7.80. The third kappa shape index (κ3) is 6.92. The first kappa shape index (κ1) is 27.4. The number of hydrogen-bond donors (Lipinski definition) is 1. The summed E-state index contributed by atoms with van der Waals surface area (Å²) in [5.41, 5.74) is 0.779. The number of nitrogens with zero attached hydrogens (tertiary/aromatic N) is 1. The zero-order chi connectivity index (χ0) is 25.7. The molecule has 35 heavy (non-hydrogen) atoms. The van der Waals surface area contributed by atoms with Crippen LogP contribution < -0.4 is 0 Å². The topological polar surface area (TPSA) is 102 Å². The average Bonchev–Trinajstić information content (AvgIpc) is 2.80. The molecular weight excluding hydrogens is 494 g/mol. The summed E-state index contributed by atoms with van der Waals surface area (Å²) in [4.78, 5) is 39.2. The molecule has 0 aromatic heterocycles. The van der Waals surface area contributed by atoms with E-state index in [1.54, 1.807) is 24.3 Å².